The number of halogens is 1. The first-order valence-electron chi connectivity index (χ1n) is 8.80. The van der Waals surface area contributed by atoms with Gasteiger partial charge in [-0.05, 0) is 54.6 Å². The predicted octanol–water partition coefficient (Wildman–Crippen LogP) is 4.62. The van der Waals surface area contributed by atoms with Crippen molar-refractivity contribution in [3.63, 3.8) is 0 Å². The second-order valence-electron chi connectivity index (χ2n) is 6.02. The number of anilines is 1. The molecule has 0 unspecified atom stereocenters. The molecule has 0 saturated heterocycles. The molecule has 29 heavy (non-hydrogen) atoms. The lowest BCUT2D eigenvalue weighted by atomic mass is 10.2. The van der Waals surface area contributed by atoms with Gasteiger partial charge in [-0.2, -0.15) is 0 Å². The number of rotatable bonds is 7. The lowest BCUT2D eigenvalue weighted by Gasteiger charge is -2.11. The molecule has 0 aliphatic heterocycles. The smallest absolute Gasteiger partial charge is 0.251 e. The fourth-order valence-corrected chi connectivity index (χ4v) is 2.93. The van der Waals surface area contributed by atoms with Crippen molar-refractivity contribution < 1.29 is 19.1 Å². The minimum atomic E-state index is -0.327. The number of methoxy groups -OCH3 is 1. The summed E-state index contributed by atoms with van der Waals surface area (Å²) in [7, 11) is 1.58. The summed E-state index contributed by atoms with van der Waals surface area (Å²) in [4.78, 5) is 24.2. The molecule has 0 atom stereocenters. The first-order chi connectivity index (χ1) is 14.0. The van der Waals surface area contributed by atoms with Crippen LogP contribution in [0.15, 0.2) is 77.3 Å². The molecule has 0 saturated carbocycles. The van der Waals surface area contributed by atoms with Crippen molar-refractivity contribution in [2.45, 2.75) is 0 Å². The number of hydrogen-bond donors (Lipinski definition) is 2. The SMILES string of the molecule is COc1ccccc1Oc1ccc(NC(=O)CNC(=O)c2cccc(Br)c2)cc1. The molecule has 0 aliphatic rings. The van der Waals surface area contributed by atoms with E-state index in [0.717, 1.165) is 4.47 Å². The number of carbonyl (C=O) groups is 2. The summed E-state index contributed by atoms with van der Waals surface area (Å²) in [6.45, 7) is -0.134. The zero-order chi connectivity index (χ0) is 20.6. The van der Waals surface area contributed by atoms with Gasteiger partial charge < -0.3 is 20.1 Å². The number of ether oxygens (including phenoxy) is 2. The van der Waals surface area contributed by atoms with Crippen LogP contribution in [0.5, 0.6) is 17.2 Å². The number of carbonyl (C=O) groups excluding carboxylic acids is 2. The van der Waals surface area contributed by atoms with Crippen molar-refractivity contribution >= 4 is 33.4 Å². The summed E-state index contributed by atoms with van der Waals surface area (Å²) >= 11 is 3.31. The molecule has 3 aromatic carbocycles. The van der Waals surface area contributed by atoms with Crippen molar-refractivity contribution in [1.82, 2.24) is 5.32 Å². The van der Waals surface area contributed by atoms with E-state index in [-0.39, 0.29) is 18.4 Å². The van der Waals surface area contributed by atoms with Crippen LogP contribution in [0, 0.1) is 0 Å². The highest BCUT2D eigenvalue weighted by molar-refractivity contribution is 9.10. The molecule has 0 aliphatic carbocycles. The van der Waals surface area contributed by atoms with E-state index in [2.05, 4.69) is 26.6 Å². The van der Waals surface area contributed by atoms with Crippen LogP contribution in [-0.4, -0.2) is 25.5 Å². The maximum absolute atomic E-state index is 12.1. The van der Waals surface area contributed by atoms with Gasteiger partial charge in [0.05, 0.1) is 13.7 Å². The van der Waals surface area contributed by atoms with Gasteiger partial charge in [0.1, 0.15) is 5.75 Å². The van der Waals surface area contributed by atoms with Gasteiger partial charge in [0.25, 0.3) is 5.91 Å². The largest absolute Gasteiger partial charge is 0.493 e. The molecule has 0 aromatic heterocycles. The Bertz CT molecular complexity index is 1010. The number of hydrogen-bond acceptors (Lipinski definition) is 4. The summed E-state index contributed by atoms with van der Waals surface area (Å²) in [5.41, 5.74) is 1.07. The van der Waals surface area contributed by atoms with Crippen molar-refractivity contribution in [2.24, 2.45) is 0 Å². The minimum Gasteiger partial charge on any atom is -0.493 e. The minimum absolute atomic E-state index is 0.134. The van der Waals surface area contributed by atoms with Gasteiger partial charge in [0.15, 0.2) is 11.5 Å². The zero-order valence-corrected chi connectivity index (χ0v) is 17.2. The van der Waals surface area contributed by atoms with E-state index in [1.807, 2.05) is 30.3 Å². The Hall–Kier alpha value is -3.32. The molecule has 0 radical (unpaired) electrons. The van der Waals surface area contributed by atoms with Gasteiger partial charge in [-0.1, -0.05) is 34.1 Å². The Balaban J connectivity index is 1.52. The molecular formula is C22H19BrN2O4. The lowest BCUT2D eigenvalue weighted by molar-refractivity contribution is -0.115. The van der Waals surface area contributed by atoms with Crippen molar-refractivity contribution in [1.29, 1.82) is 0 Å². The van der Waals surface area contributed by atoms with Crippen LogP contribution in [-0.2, 0) is 4.79 Å². The summed E-state index contributed by atoms with van der Waals surface area (Å²) in [5.74, 6) is 1.19. The monoisotopic (exact) mass is 454 g/mol. The molecule has 0 bridgehead atoms. The molecule has 6 nitrogen and oxygen atoms in total. The van der Waals surface area contributed by atoms with Gasteiger partial charge in [-0.25, -0.2) is 0 Å². The molecule has 0 heterocycles. The van der Waals surface area contributed by atoms with Crippen LogP contribution in [0.3, 0.4) is 0 Å². The van der Waals surface area contributed by atoms with Gasteiger partial charge in [0, 0.05) is 15.7 Å². The van der Waals surface area contributed by atoms with Crippen molar-refractivity contribution in [3.8, 4) is 17.2 Å². The molecule has 7 heteroatoms. The van der Waals surface area contributed by atoms with Crippen molar-refractivity contribution in [3.05, 3.63) is 82.8 Å². The normalized spacial score (nSPS) is 10.1. The number of nitrogens with one attached hydrogen (secondary N) is 2. The van der Waals surface area contributed by atoms with E-state index >= 15 is 0 Å². The van der Waals surface area contributed by atoms with Crippen LogP contribution in [0.2, 0.25) is 0 Å². The predicted molar refractivity (Wildman–Crippen MR) is 115 cm³/mol. The molecule has 0 fully saturated rings. The Morgan fingerprint density at radius 3 is 2.34 bits per heavy atom. The highest BCUT2D eigenvalue weighted by Gasteiger charge is 2.09. The first-order valence-corrected chi connectivity index (χ1v) is 9.59. The molecule has 3 aromatic rings. The Kier molecular flexibility index (Phi) is 6.86. The highest BCUT2D eigenvalue weighted by atomic mass is 79.9. The summed E-state index contributed by atoms with van der Waals surface area (Å²) < 4.78 is 11.9. The number of amides is 2. The molecule has 2 N–H and O–H groups in total. The van der Waals surface area contributed by atoms with Crippen LogP contribution in [0.4, 0.5) is 5.69 Å². The van der Waals surface area contributed by atoms with Crippen LogP contribution < -0.4 is 20.1 Å². The van der Waals surface area contributed by atoms with Gasteiger partial charge in [-0.3, -0.25) is 9.59 Å². The fourth-order valence-electron chi connectivity index (χ4n) is 2.53. The van der Waals surface area contributed by atoms with E-state index in [1.54, 1.807) is 49.6 Å². The third-order valence-electron chi connectivity index (χ3n) is 3.93. The van der Waals surface area contributed by atoms with E-state index in [9.17, 15) is 9.59 Å². The van der Waals surface area contributed by atoms with E-state index < -0.39 is 0 Å². The summed E-state index contributed by atoms with van der Waals surface area (Å²) in [5, 5.41) is 5.32. The van der Waals surface area contributed by atoms with Gasteiger partial charge in [0.2, 0.25) is 5.91 Å². The van der Waals surface area contributed by atoms with E-state index in [1.165, 1.54) is 0 Å². The third-order valence-corrected chi connectivity index (χ3v) is 4.42. The fraction of sp³-hybridized carbons (Fsp3) is 0.0909. The average molecular weight is 455 g/mol. The molecule has 3 rings (SSSR count). The topological polar surface area (TPSA) is 76.7 Å². The molecule has 2 amide bonds. The molecule has 148 valence electrons. The Labute approximate surface area is 177 Å². The first kappa shape index (κ1) is 20.4. The second-order valence-corrected chi connectivity index (χ2v) is 6.93. The summed E-state index contributed by atoms with van der Waals surface area (Å²) in [6, 6.07) is 21.2. The van der Waals surface area contributed by atoms with E-state index in [0.29, 0.717) is 28.5 Å². The number of para-hydroxylation sites is 2. The lowest BCUT2D eigenvalue weighted by Crippen LogP contribution is -2.32. The van der Waals surface area contributed by atoms with E-state index in [4.69, 9.17) is 9.47 Å². The average Bonchev–Trinajstić information content (AvgIpc) is 2.74. The van der Waals surface area contributed by atoms with Crippen LogP contribution >= 0.6 is 15.9 Å². The van der Waals surface area contributed by atoms with Crippen LogP contribution in [0.1, 0.15) is 10.4 Å². The maximum Gasteiger partial charge on any atom is 0.251 e. The maximum atomic E-state index is 12.1. The highest BCUT2D eigenvalue weighted by Crippen LogP contribution is 2.31. The molecule has 0 spiro atoms. The molecular weight excluding hydrogens is 436 g/mol. The zero-order valence-electron chi connectivity index (χ0n) is 15.6. The second kappa shape index (κ2) is 9.75. The van der Waals surface area contributed by atoms with Gasteiger partial charge in [-0.15, -0.1) is 0 Å². The van der Waals surface area contributed by atoms with Gasteiger partial charge >= 0.3 is 0 Å². The third kappa shape index (κ3) is 5.83. The Morgan fingerprint density at radius 2 is 1.66 bits per heavy atom. The Morgan fingerprint density at radius 1 is 0.931 bits per heavy atom. The standard InChI is InChI=1S/C22H19BrN2O4/c1-28-19-7-2-3-8-20(19)29-18-11-9-17(10-12-18)25-21(26)14-24-22(27)15-5-4-6-16(23)13-15/h2-13H,14H2,1H3,(H,24,27)(H,25,26). The van der Waals surface area contributed by atoms with Crippen molar-refractivity contribution in [2.75, 3.05) is 19.0 Å². The quantitative estimate of drug-likeness (QED) is 0.545. The number of benzene rings is 3. The van der Waals surface area contributed by atoms with Crippen LogP contribution in [0.25, 0.3) is 0 Å². The summed E-state index contributed by atoms with van der Waals surface area (Å²) in [6.07, 6.45) is 0.